The van der Waals surface area contributed by atoms with E-state index in [2.05, 4.69) is 15.4 Å². The number of nitrogens with zero attached hydrogens (tertiary/aromatic N) is 3. The lowest BCUT2D eigenvalue weighted by Gasteiger charge is -2.17. The second-order valence-corrected chi connectivity index (χ2v) is 7.17. The number of alkyl halides is 2. The lowest BCUT2D eigenvalue weighted by molar-refractivity contribution is 0.0789. The second-order valence-electron chi connectivity index (χ2n) is 7.17. The molecule has 0 spiro atoms. The minimum absolute atomic E-state index is 0.0428. The van der Waals surface area contributed by atoms with E-state index in [9.17, 15) is 18.7 Å². The number of ether oxygens (including phenoxy) is 1. The number of amides is 1. The predicted molar refractivity (Wildman–Crippen MR) is 101 cm³/mol. The molecule has 2 N–H and O–H groups in total. The highest BCUT2D eigenvalue weighted by Gasteiger charge is 2.59. The molecule has 1 aliphatic rings. The van der Waals surface area contributed by atoms with Crippen LogP contribution in [0.2, 0.25) is 0 Å². The van der Waals surface area contributed by atoms with Gasteiger partial charge >= 0.3 is 0 Å². The molecule has 1 saturated carbocycles. The molecule has 0 saturated heterocycles. The number of carbonyl (C=O) groups excluding carboxylic acids is 1. The molecule has 2 heterocycles. The third-order valence-corrected chi connectivity index (χ3v) is 5.22. The van der Waals surface area contributed by atoms with Crippen LogP contribution in [0.1, 0.15) is 22.6 Å². The van der Waals surface area contributed by atoms with E-state index in [1.165, 1.54) is 4.68 Å². The summed E-state index contributed by atoms with van der Waals surface area (Å²) >= 11 is 0. The van der Waals surface area contributed by atoms with E-state index in [0.717, 1.165) is 5.69 Å². The van der Waals surface area contributed by atoms with Gasteiger partial charge in [-0.05, 0) is 36.8 Å². The first-order valence-electron chi connectivity index (χ1n) is 9.14. The Morgan fingerprint density at radius 3 is 2.90 bits per heavy atom. The zero-order valence-electron chi connectivity index (χ0n) is 15.7. The lowest BCUT2D eigenvalue weighted by Crippen LogP contribution is -2.43. The number of aryl methyl sites for hydroxylation is 1. The van der Waals surface area contributed by atoms with Crippen molar-refractivity contribution >= 4 is 16.8 Å². The topological polar surface area (TPSA) is 89.3 Å². The first-order chi connectivity index (χ1) is 13.9. The quantitative estimate of drug-likeness (QED) is 0.633. The number of benzene rings is 1. The number of pyridine rings is 1. The van der Waals surface area contributed by atoms with Gasteiger partial charge in [0.15, 0.2) is 0 Å². The number of carbonyl (C=O) groups is 1. The van der Waals surface area contributed by atoms with E-state index in [-0.39, 0.29) is 18.7 Å². The van der Waals surface area contributed by atoms with Crippen molar-refractivity contribution in [2.45, 2.75) is 25.0 Å². The van der Waals surface area contributed by atoms with Gasteiger partial charge in [-0.2, -0.15) is 5.10 Å². The smallest absolute Gasteiger partial charge is 0.270 e. The summed E-state index contributed by atoms with van der Waals surface area (Å²) in [4.78, 5) is 17.0. The molecule has 1 amide bonds. The van der Waals surface area contributed by atoms with Crippen LogP contribution in [0.4, 0.5) is 8.78 Å². The van der Waals surface area contributed by atoms with Gasteiger partial charge in [-0.1, -0.05) is 6.07 Å². The third kappa shape index (κ3) is 3.65. The first-order valence-corrected chi connectivity index (χ1v) is 9.14. The van der Waals surface area contributed by atoms with Crippen molar-refractivity contribution < 1.29 is 23.4 Å². The zero-order valence-corrected chi connectivity index (χ0v) is 15.7. The number of nitrogens with one attached hydrogen (secondary N) is 1. The number of hydrogen-bond donors (Lipinski definition) is 2. The van der Waals surface area contributed by atoms with Crippen molar-refractivity contribution in [2.24, 2.45) is 13.0 Å². The third-order valence-electron chi connectivity index (χ3n) is 5.22. The maximum absolute atomic E-state index is 13.0. The van der Waals surface area contributed by atoms with Crippen molar-refractivity contribution in [2.75, 3.05) is 6.61 Å². The van der Waals surface area contributed by atoms with E-state index >= 15 is 0 Å². The van der Waals surface area contributed by atoms with Crippen LogP contribution >= 0.6 is 0 Å². The Balaban J connectivity index is 1.57. The number of aliphatic hydroxyl groups excluding tert-OH is 1. The van der Waals surface area contributed by atoms with Crippen molar-refractivity contribution in [3.8, 4) is 5.75 Å². The fourth-order valence-corrected chi connectivity index (χ4v) is 3.49. The predicted octanol–water partition coefficient (Wildman–Crippen LogP) is 2.29. The van der Waals surface area contributed by atoms with E-state index in [0.29, 0.717) is 16.7 Å². The number of rotatable bonds is 7. The molecular weight excluding hydrogens is 382 g/mol. The summed E-state index contributed by atoms with van der Waals surface area (Å²) in [5, 5.41) is 16.9. The molecule has 3 aromatic rings. The summed E-state index contributed by atoms with van der Waals surface area (Å²) in [5.41, 5.74) is 0.265. The van der Waals surface area contributed by atoms with E-state index in [1.54, 1.807) is 31.4 Å². The van der Waals surface area contributed by atoms with Crippen molar-refractivity contribution in [3.63, 3.8) is 0 Å². The van der Waals surface area contributed by atoms with Gasteiger partial charge in [0.05, 0.1) is 23.4 Å². The molecule has 2 unspecified atom stereocenters. The van der Waals surface area contributed by atoms with Gasteiger partial charge in [-0.15, -0.1) is 0 Å². The largest absolute Gasteiger partial charge is 0.487 e. The lowest BCUT2D eigenvalue weighted by atomic mass is 10.1. The van der Waals surface area contributed by atoms with Crippen LogP contribution in [0.3, 0.4) is 0 Å². The highest BCUT2D eigenvalue weighted by atomic mass is 19.3. The van der Waals surface area contributed by atoms with Gasteiger partial charge in [-0.25, -0.2) is 8.78 Å². The summed E-state index contributed by atoms with van der Waals surface area (Å²) in [7, 11) is 1.60. The summed E-state index contributed by atoms with van der Waals surface area (Å²) in [6.45, 7) is -0.278. The Bertz CT molecular complexity index is 1040. The molecule has 0 radical (unpaired) electrons. The van der Waals surface area contributed by atoms with Crippen LogP contribution in [0, 0.1) is 5.92 Å². The number of halogens is 2. The first kappa shape index (κ1) is 19.3. The molecule has 2 atom stereocenters. The normalized spacial score (nSPS) is 20.8. The van der Waals surface area contributed by atoms with Crippen molar-refractivity contribution in [1.29, 1.82) is 0 Å². The molecule has 29 heavy (non-hydrogen) atoms. The number of aromatic nitrogens is 3. The van der Waals surface area contributed by atoms with Crippen molar-refractivity contribution in [1.82, 2.24) is 20.1 Å². The van der Waals surface area contributed by atoms with Gasteiger partial charge in [0.2, 0.25) is 6.43 Å². The van der Waals surface area contributed by atoms with Gasteiger partial charge in [0.1, 0.15) is 18.1 Å². The van der Waals surface area contributed by atoms with E-state index < -0.39 is 30.4 Å². The molecule has 7 nitrogen and oxygen atoms in total. The molecule has 1 fully saturated rings. The van der Waals surface area contributed by atoms with Crippen molar-refractivity contribution in [3.05, 3.63) is 54.0 Å². The standard InChI is InChI=1S/C20H20F2N4O3/c1-26-17(19(28)24-20(11-27)9-15(20)18(21)22)14-8-13(5-6-16(14)25-26)29-10-12-4-2-3-7-23-12/h2-8,15,18,27H,9-11H2,1H3,(H,24,28). The number of aliphatic hydroxyl groups is 1. The monoisotopic (exact) mass is 402 g/mol. The summed E-state index contributed by atoms with van der Waals surface area (Å²) in [6.07, 6.45) is -0.883. The van der Waals surface area contributed by atoms with Gasteiger partial charge in [-0.3, -0.25) is 14.5 Å². The Hall–Kier alpha value is -3.07. The van der Waals surface area contributed by atoms with Gasteiger partial charge in [0.25, 0.3) is 5.91 Å². The van der Waals surface area contributed by atoms with Crippen LogP contribution in [0.15, 0.2) is 42.6 Å². The fraction of sp³-hybridized carbons (Fsp3) is 0.350. The van der Waals surface area contributed by atoms with Gasteiger partial charge < -0.3 is 15.2 Å². The Morgan fingerprint density at radius 2 is 2.24 bits per heavy atom. The van der Waals surface area contributed by atoms with Crippen LogP contribution in [0.5, 0.6) is 5.75 Å². The van der Waals surface area contributed by atoms with Crippen LogP contribution in [0.25, 0.3) is 10.9 Å². The molecular formula is C20H20F2N4O3. The minimum atomic E-state index is -2.60. The zero-order chi connectivity index (χ0) is 20.6. The molecule has 4 rings (SSSR count). The maximum Gasteiger partial charge on any atom is 0.270 e. The SMILES string of the molecule is Cn1nc2ccc(OCc3ccccn3)cc2c1C(=O)NC1(CO)CC1C(F)F. The average Bonchev–Trinajstić information content (AvgIpc) is 3.34. The summed E-state index contributed by atoms with van der Waals surface area (Å²) in [5.74, 6) is -1.08. The van der Waals surface area contributed by atoms with Crippen LogP contribution < -0.4 is 10.1 Å². The highest BCUT2D eigenvalue weighted by Crippen LogP contribution is 2.47. The Kier molecular flexibility index (Phi) is 4.91. The minimum Gasteiger partial charge on any atom is -0.487 e. The van der Waals surface area contributed by atoms with E-state index in [1.807, 2.05) is 18.2 Å². The average molecular weight is 402 g/mol. The van der Waals surface area contributed by atoms with Crippen LogP contribution in [-0.2, 0) is 13.7 Å². The maximum atomic E-state index is 13.0. The molecule has 0 aliphatic heterocycles. The molecule has 0 bridgehead atoms. The molecule has 9 heteroatoms. The molecule has 2 aromatic heterocycles. The fourth-order valence-electron chi connectivity index (χ4n) is 3.49. The molecule has 1 aromatic carbocycles. The number of hydrogen-bond acceptors (Lipinski definition) is 5. The summed E-state index contributed by atoms with van der Waals surface area (Å²) < 4.78 is 33.2. The Labute approximate surface area is 165 Å². The van der Waals surface area contributed by atoms with E-state index in [4.69, 9.17) is 4.74 Å². The molecule has 1 aliphatic carbocycles. The summed E-state index contributed by atoms with van der Waals surface area (Å²) in [6, 6.07) is 10.7. The van der Waals surface area contributed by atoms with Crippen LogP contribution in [-0.4, -0.2) is 44.3 Å². The number of fused-ring (bicyclic) bond motifs is 1. The Morgan fingerprint density at radius 1 is 1.41 bits per heavy atom. The highest BCUT2D eigenvalue weighted by molar-refractivity contribution is 6.05. The molecule has 152 valence electrons. The second kappa shape index (κ2) is 7.40. The van der Waals surface area contributed by atoms with Gasteiger partial charge in [0, 0.05) is 24.5 Å².